The molecule has 0 aliphatic carbocycles. The van der Waals surface area contributed by atoms with Crippen LogP contribution in [0.3, 0.4) is 0 Å². The highest BCUT2D eigenvalue weighted by atomic mass is 14.9. The van der Waals surface area contributed by atoms with E-state index in [-0.39, 0.29) is 0 Å². The van der Waals surface area contributed by atoms with E-state index in [0.29, 0.717) is 11.5 Å². The summed E-state index contributed by atoms with van der Waals surface area (Å²) in [4.78, 5) is 0. The molecule has 1 heteroatoms. The molecule has 0 aromatic rings. The standard InChI is InChI=1S/C20H43N/c1-6-7-8-9-10-11-12-13-14-15-16-20(4,5)17-18-21-19(2)3/h19,21H,6-18H2,1-5H3. The molecular formula is C20H43N. The van der Waals surface area contributed by atoms with Gasteiger partial charge in [0, 0.05) is 6.04 Å². The van der Waals surface area contributed by atoms with E-state index in [9.17, 15) is 0 Å². The molecule has 0 rings (SSSR count). The summed E-state index contributed by atoms with van der Waals surface area (Å²) in [6.07, 6.45) is 17.1. The van der Waals surface area contributed by atoms with E-state index in [2.05, 4.69) is 39.9 Å². The van der Waals surface area contributed by atoms with E-state index in [1.165, 1.54) is 83.6 Å². The Balaban J connectivity index is 3.32. The number of hydrogen-bond acceptors (Lipinski definition) is 1. The van der Waals surface area contributed by atoms with Crippen molar-refractivity contribution in [3.8, 4) is 0 Å². The zero-order chi connectivity index (χ0) is 16.0. The fourth-order valence-corrected chi connectivity index (χ4v) is 2.92. The van der Waals surface area contributed by atoms with Crippen molar-refractivity contribution in [2.75, 3.05) is 6.54 Å². The molecule has 0 spiro atoms. The second-order valence-electron chi connectivity index (χ2n) is 7.96. The summed E-state index contributed by atoms with van der Waals surface area (Å²) in [5.41, 5.74) is 0.516. The van der Waals surface area contributed by atoms with Gasteiger partial charge in [-0.15, -0.1) is 0 Å². The van der Waals surface area contributed by atoms with E-state index in [4.69, 9.17) is 0 Å². The highest BCUT2D eigenvalue weighted by molar-refractivity contribution is 4.70. The average Bonchev–Trinajstić information content (AvgIpc) is 2.40. The summed E-state index contributed by atoms with van der Waals surface area (Å²) < 4.78 is 0. The van der Waals surface area contributed by atoms with E-state index in [0.717, 1.165) is 0 Å². The lowest BCUT2D eigenvalue weighted by Gasteiger charge is -2.25. The SMILES string of the molecule is CCCCCCCCCCCCC(C)(C)CCNC(C)C. The van der Waals surface area contributed by atoms with E-state index in [1.807, 2.05) is 0 Å². The molecule has 0 fully saturated rings. The van der Waals surface area contributed by atoms with Crippen molar-refractivity contribution < 1.29 is 0 Å². The molecule has 1 N–H and O–H groups in total. The molecule has 0 amide bonds. The second kappa shape index (κ2) is 13.6. The lowest BCUT2D eigenvalue weighted by atomic mass is 9.83. The lowest BCUT2D eigenvalue weighted by molar-refractivity contribution is 0.286. The smallest absolute Gasteiger partial charge is 0.00103 e. The Bertz CT molecular complexity index is 208. The van der Waals surface area contributed by atoms with Gasteiger partial charge in [-0.3, -0.25) is 0 Å². The van der Waals surface area contributed by atoms with Crippen LogP contribution < -0.4 is 5.32 Å². The quantitative estimate of drug-likeness (QED) is 0.331. The minimum Gasteiger partial charge on any atom is -0.315 e. The van der Waals surface area contributed by atoms with Gasteiger partial charge >= 0.3 is 0 Å². The molecule has 0 radical (unpaired) electrons. The van der Waals surface area contributed by atoms with Crippen LogP contribution in [0.4, 0.5) is 0 Å². The topological polar surface area (TPSA) is 12.0 Å². The third-order valence-electron chi connectivity index (χ3n) is 4.56. The molecule has 0 bridgehead atoms. The molecule has 128 valence electrons. The molecule has 0 aliphatic rings. The Morgan fingerprint density at radius 2 is 1.19 bits per heavy atom. The number of nitrogens with one attached hydrogen (secondary N) is 1. The number of unbranched alkanes of at least 4 members (excludes halogenated alkanes) is 9. The van der Waals surface area contributed by atoms with E-state index in [1.54, 1.807) is 0 Å². The molecule has 21 heavy (non-hydrogen) atoms. The third-order valence-corrected chi connectivity index (χ3v) is 4.56. The molecule has 0 atom stereocenters. The first-order valence-electron chi connectivity index (χ1n) is 9.71. The maximum absolute atomic E-state index is 3.54. The fraction of sp³-hybridized carbons (Fsp3) is 1.00. The van der Waals surface area contributed by atoms with Gasteiger partial charge in [-0.1, -0.05) is 98.8 Å². The van der Waals surface area contributed by atoms with Crippen LogP contribution in [0.1, 0.15) is 112 Å². The zero-order valence-corrected chi connectivity index (χ0v) is 15.8. The molecule has 0 unspecified atom stereocenters. The minimum absolute atomic E-state index is 0.516. The lowest BCUT2D eigenvalue weighted by Crippen LogP contribution is -2.27. The van der Waals surface area contributed by atoms with Crippen LogP contribution in [0.25, 0.3) is 0 Å². The minimum atomic E-state index is 0.516. The van der Waals surface area contributed by atoms with Crippen LogP contribution in [0, 0.1) is 5.41 Å². The largest absolute Gasteiger partial charge is 0.315 e. The van der Waals surface area contributed by atoms with Crippen molar-refractivity contribution in [3.63, 3.8) is 0 Å². The van der Waals surface area contributed by atoms with Gasteiger partial charge in [0.2, 0.25) is 0 Å². The molecule has 0 aromatic carbocycles. The Morgan fingerprint density at radius 3 is 1.67 bits per heavy atom. The first-order chi connectivity index (χ1) is 9.98. The zero-order valence-electron chi connectivity index (χ0n) is 15.8. The normalized spacial score (nSPS) is 12.3. The predicted octanol–water partition coefficient (Wildman–Crippen LogP) is 6.71. The van der Waals surface area contributed by atoms with Gasteiger partial charge < -0.3 is 5.32 Å². The first-order valence-corrected chi connectivity index (χ1v) is 9.71. The van der Waals surface area contributed by atoms with Crippen molar-refractivity contribution in [1.29, 1.82) is 0 Å². The van der Waals surface area contributed by atoms with Crippen molar-refractivity contribution in [2.24, 2.45) is 5.41 Å². The number of rotatable bonds is 15. The van der Waals surface area contributed by atoms with Crippen LogP contribution in [-0.4, -0.2) is 12.6 Å². The molecule has 1 nitrogen and oxygen atoms in total. The second-order valence-corrected chi connectivity index (χ2v) is 7.96. The van der Waals surface area contributed by atoms with Crippen molar-refractivity contribution in [3.05, 3.63) is 0 Å². The van der Waals surface area contributed by atoms with E-state index < -0.39 is 0 Å². The van der Waals surface area contributed by atoms with Crippen molar-refractivity contribution in [1.82, 2.24) is 5.32 Å². The highest BCUT2D eigenvalue weighted by Gasteiger charge is 2.16. The molecular weight excluding hydrogens is 254 g/mol. The van der Waals surface area contributed by atoms with Crippen molar-refractivity contribution >= 4 is 0 Å². The van der Waals surface area contributed by atoms with Gasteiger partial charge in [0.05, 0.1) is 0 Å². The van der Waals surface area contributed by atoms with Gasteiger partial charge in [0.25, 0.3) is 0 Å². The van der Waals surface area contributed by atoms with Crippen LogP contribution >= 0.6 is 0 Å². The Labute approximate surface area is 135 Å². The maximum atomic E-state index is 3.54. The Hall–Kier alpha value is -0.0400. The monoisotopic (exact) mass is 297 g/mol. The van der Waals surface area contributed by atoms with E-state index >= 15 is 0 Å². The summed E-state index contributed by atoms with van der Waals surface area (Å²) in [6, 6.07) is 0.623. The summed E-state index contributed by atoms with van der Waals surface area (Å²) in [7, 11) is 0. The van der Waals surface area contributed by atoms with Gasteiger partial charge in [0.15, 0.2) is 0 Å². The van der Waals surface area contributed by atoms with Crippen LogP contribution in [-0.2, 0) is 0 Å². The Morgan fingerprint density at radius 1 is 0.714 bits per heavy atom. The highest BCUT2D eigenvalue weighted by Crippen LogP contribution is 2.27. The molecule has 0 heterocycles. The molecule has 0 aliphatic heterocycles. The van der Waals surface area contributed by atoms with Gasteiger partial charge in [-0.25, -0.2) is 0 Å². The summed E-state index contributed by atoms with van der Waals surface area (Å²) in [6.45, 7) is 12.8. The van der Waals surface area contributed by atoms with Gasteiger partial charge in [-0.05, 0) is 24.8 Å². The molecule has 0 saturated heterocycles. The summed E-state index contributed by atoms with van der Waals surface area (Å²) in [5, 5.41) is 3.54. The third kappa shape index (κ3) is 16.2. The van der Waals surface area contributed by atoms with Gasteiger partial charge in [0.1, 0.15) is 0 Å². The fourth-order valence-electron chi connectivity index (χ4n) is 2.92. The predicted molar refractivity (Wildman–Crippen MR) is 98.0 cm³/mol. The molecule has 0 aromatic heterocycles. The van der Waals surface area contributed by atoms with Crippen LogP contribution in [0.5, 0.6) is 0 Å². The number of hydrogen-bond donors (Lipinski definition) is 1. The summed E-state index contributed by atoms with van der Waals surface area (Å²) >= 11 is 0. The maximum Gasteiger partial charge on any atom is 0.00103 e. The van der Waals surface area contributed by atoms with Gasteiger partial charge in [-0.2, -0.15) is 0 Å². The van der Waals surface area contributed by atoms with Crippen LogP contribution in [0.2, 0.25) is 0 Å². The summed E-state index contributed by atoms with van der Waals surface area (Å²) in [5.74, 6) is 0. The first kappa shape index (κ1) is 21.0. The van der Waals surface area contributed by atoms with Crippen molar-refractivity contribution in [2.45, 2.75) is 118 Å². The average molecular weight is 298 g/mol. The molecule has 0 saturated carbocycles. The van der Waals surface area contributed by atoms with Crippen LogP contribution in [0.15, 0.2) is 0 Å². The Kier molecular flexibility index (Phi) is 13.6.